The average Bonchev–Trinajstić information content (AvgIpc) is 3.54. The molecule has 0 radical (unpaired) electrons. The number of amides is 1. The first-order chi connectivity index (χ1) is 18.8. The molecule has 3 aliphatic rings. The minimum absolute atomic E-state index is 0.264. The molecule has 1 aliphatic heterocycles. The largest absolute Gasteiger partial charge is 0.427 e. The number of anilines is 2. The Morgan fingerprint density at radius 1 is 1.15 bits per heavy atom. The molecular formula is C27H40N10O2. The Morgan fingerprint density at radius 3 is 2.59 bits per heavy atom. The number of hydrogen-bond donors (Lipinski definition) is 4. The van der Waals surface area contributed by atoms with Gasteiger partial charge < -0.3 is 20.0 Å². The average molecular weight is 537 g/mol. The second-order valence-corrected chi connectivity index (χ2v) is 11.8. The van der Waals surface area contributed by atoms with E-state index in [1.54, 1.807) is 0 Å². The van der Waals surface area contributed by atoms with Crippen molar-refractivity contribution in [2.45, 2.75) is 91.0 Å². The van der Waals surface area contributed by atoms with Crippen LogP contribution >= 0.6 is 0 Å². The summed E-state index contributed by atoms with van der Waals surface area (Å²) in [6.45, 7) is 8.07. The molecule has 0 bridgehead atoms. The van der Waals surface area contributed by atoms with Gasteiger partial charge in [-0.2, -0.15) is 10.1 Å². The topological polar surface area (TPSA) is 136 Å². The number of aryl methyl sites for hydroxylation is 2. The molecule has 1 saturated heterocycles. The lowest BCUT2D eigenvalue weighted by Crippen LogP contribution is -2.32. The summed E-state index contributed by atoms with van der Waals surface area (Å²) < 4.78 is 4.11. The Hall–Kier alpha value is -3.41. The highest BCUT2D eigenvalue weighted by atomic mass is 16.7. The molecule has 4 heterocycles. The quantitative estimate of drug-likeness (QED) is 0.318. The lowest BCUT2D eigenvalue weighted by atomic mass is 9.80. The third-order valence-electron chi connectivity index (χ3n) is 8.76. The van der Waals surface area contributed by atoms with E-state index >= 15 is 0 Å². The van der Waals surface area contributed by atoms with Crippen molar-refractivity contribution in [3.63, 3.8) is 0 Å². The molecule has 3 aromatic heterocycles. The van der Waals surface area contributed by atoms with Gasteiger partial charge in [0.25, 0.3) is 0 Å². The molecule has 12 heteroatoms. The summed E-state index contributed by atoms with van der Waals surface area (Å²) in [6.07, 6.45) is 9.50. The fourth-order valence-electron chi connectivity index (χ4n) is 6.04. The van der Waals surface area contributed by atoms with Gasteiger partial charge in [0.1, 0.15) is 5.52 Å². The number of nitrogens with zero attached hydrogens (tertiary/aromatic N) is 6. The maximum absolute atomic E-state index is 11.7. The number of carbonyl (C=O) groups is 1. The lowest BCUT2D eigenvalue weighted by molar-refractivity contribution is 0.120. The molecule has 1 unspecified atom stereocenters. The van der Waals surface area contributed by atoms with Crippen LogP contribution in [0.2, 0.25) is 0 Å². The molecule has 12 nitrogen and oxygen atoms in total. The van der Waals surface area contributed by atoms with Crippen molar-refractivity contribution >= 4 is 29.0 Å². The summed E-state index contributed by atoms with van der Waals surface area (Å²) in [4.78, 5) is 31.4. The Labute approximate surface area is 228 Å². The van der Waals surface area contributed by atoms with Crippen molar-refractivity contribution in [3.05, 3.63) is 23.3 Å². The Kier molecular flexibility index (Phi) is 7.05. The summed E-state index contributed by atoms with van der Waals surface area (Å²) in [5.41, 5.74) is 6.31. The first-order valence-corrected chi connectivity index (χ1v) is 14.3. The van der Waals surface area contributed by atoms with Crippen molar-refractivity contribution in [2.75, 3.05) is 10.6 Å². The van der Waals surface area contributed by atoms with Crippen LogP contribution in [0.1, 0.15) is 82.0 Å². The number of aromatic nitrogens is 6. The number of nitrogens with one attached hydrogen (secondary N) is 4. The fourth-order valence-corrected chi connectivity index (χ4v) is 6.04. The van der Waals surface area contributed by atoms with E-state index in [0.29, 0.717) is 29.9 Å². The molecule has 3 aromatic rings. The van der Waals surface area contributed by atoms with E-state index < -0.39 is 12.3 Å². The van der Waals surface area contributed by atoms with Gasteiger partial charge in [-0.3, -0.25) is 10.00 Å². The van der Waals surface area contributed by atoms with Crippen molar-refractivity contribution in [2.24, 2.45) is 24.8 Å². The van der Waals surface area contributed by atoms with Crippen LogP contribution in [0.3, 0.4) is 0 Å². The highest BCUT2D eigenvalue weighted by molar-refractivity contribution is 5.86. The van der Waals surface area contributed by atoms with Crippen LogP contribution in [-0.4, -0.2) is 41.4 Å². The molecule has 210 valence electrons. The Morgan fingerprint density at radius 2 is 1.95 bits per heavy atom. The standard InChI is InChI=1S/C27H40N10O2/c1-15-8-10-18(11-9-15)13-37-21-22(29-16(2)19-6-5-7-19)30-24(25-33-27(38)39-35-25)31-23(21)32-26(37)28-12-20-14-36(4)34-17(20)3/h14-16,18-19,25,35H,5-13H2,1-4H3,(H,33,38)(H2,28,29,30,31,32)/t15?,16-,18?,25?/m1/s1. The van der Waals surface area contributed by atoms with E-state index in [4.69, 9.17) is 19.8 Å². The molecule has 2 atom stereocenters. The molecule has 2 saturated carbocycles. The van der Waals surface area contributed by atoms with Crippen LogP contribution in [0, 0.1) is 24.7 Å². The van der Waals surface area contributed by atoms with E-state index in [1.807, 2.05) is 24.9 Å². The zero-order valence-electron chi connectivity index (χ0n) is 23.3. The zero-order valence-corrected chi connectivity index (χ0v) is 23.3. The normalized spacial score (nSPS) is 24.3. The van der Waals surface area contributed by atoms with Crippen LogP contribution < -0.4 is 21.4 Å². The maximum atomic E-state index is 11.7. The third-order valence-corrected chi connectivity index (χ3v) is 8.76. The number of hydrogen-bond acceptors (Lipinski definition) is 9. The predicted molar refractivity (Wildman–Crippen MR) is 148 cm³/mol. The minimum atomic E-state index is -0.638. The smallest absolute Gasteiger partial charge is 0.365 e. The Balaban J connectivity index is 1.40. The van der Waals surface area contributed by atoms with Crippen molar-refractivity contribution < 1.29 is 9.63 Å². The first kappa shape index (κ1) is 25.8. The second-order valence-electron chi connectivity index (χ2n) is 11.8. The number of rotatable bonds is 9. The van der Waals surface area contributed by atoms with Gasteiger partial charge in [-0.05, 0) is 57.3 Å². The fraction of sp³-hybridized carbons (Fsp3) is 0.667. The molecular weight excluding hydrogens is 496 g/mol. The highest BCUT2D eigenvalue weighted by Gasteiger charge is 2.31. The first-order valence-electron chi connectivity index (χ1n) is 14.3. The third kappa shape index (κ3) is 5.39. The summed E-state index contributed by atoms with van der Waals surface area (Å²) in [6, 6.07) is 0.264. The number of carbonyl (C=O) groups excluding carboxylic acids is 1. The monoisotopic (exact) mass is 536 g/mol. The van der Waals surface area contributed by atoms with E-state index in [1.165, 1.54) is 44.9 Å². The summed E-state index contributed by atoms with van der Waals surface area (Å²) in [7, 11) is 1.94. The SMILES string of the molecule is Cc1nn(C)cc1CNc1nc2nc(C3NOC(=O)N3)nc(N[C@H](C)C3CCC3)c2n1CC1CCC(C)CC1. The summed E-state index contributed by atoms with van der Waals surface area (Å²) >= 11 is 0. The van der Waals surface area contributed by atoms with Crippen molar-refractivity contribution in [1.82, 2.24) is 40.1 Å². The zero-order chi connectivity index (χ0) is 27.1. The molecule has 0 aromatic carbocycles. The Bertz CT molecular complexity index is 1340. The van der Waals surface area contributed by atoms with E-state index in [2.05, 4.69) is 44.9 Å². The molecule has 0 spiro atoms. The summed E-state index contributed by atoms with van der Waals surface area (Å²) in [5.74, 6) is 3.92. The minimum Gasteiger partial charge on any atom is -0.365 e. The lowest BCUT2D eigenvalue weighted by Gasteiger charge is -2.32. The van der Waals surface area contributed by atoms with E-state index in [9.17, 15) is 4.79 Å². The van der Waals surface area contributed by atoms with Gasteiger partial charge >= 0.3 is 6.09 Å². The second kappa shape index (κ2) is 10.6. The predicted octanol–water partition coefficient (Wildman–Crippen LogP) is 4.15. The van der Waals surface area contributed by atoms with Crippen LogP contribution in [0.5, 0.6) is 0 Å². The van der Waals surface area contributed by atoms with E-state index in [-0.39, 0.29) is 6.04 Å². The maximum Gasteiger partial charge on any atom is 0.427 e. The summed E-state index contributed by atoms with van der Waals surface area (Å²) in [5, 5.41) is 14.5. The molecule has 1 amide bonds. The van der Waals surface area contributed by atoms with Crippen LogP contribution in [-0.2, 0) is 25.0 Å². The molecule has 3 fully saturated rings. The molecule has 39 heavy (non-hydrogen) atoms. The van der Waals surface area contributed by atoms with Gasteiger partial charge in [0, 0.05) is 37.9 Å². The highest BCUT2D eigenvalue weighted by Crippen LogP contribution is 2.35. The van der Waals surface area contributed by atoms with Gasteiger partial charge in [-0.15, -0.1) is 5.48 Å². The van der Waals surface area contributed by atoms with Crippen molar-refractivity contribution in [1.29, 1.82) is 0 Å². The van der Waals surface area contributed by atoms with Crippen LogP contribution in [0.4, 0.5) is 16.6 Å². The van der Waals surface area contributed by atoms with Gasteiger partial charge in [0.15, 0.2) is 23.5 Å². The van der Waals surface area contributed by atoms with E-state index in [0.717, 1.165) is 41.0 Å². The van der Waals surface area contributed by atoms with Gasteiger partial charge in [-0.1, -0.05) is 26.2 Å². The van der Waals surface area contributed by atoms with Crippen molar-refractivity contribution in [3.8, 4) is 0 Å². The number of hydroxylamine groups is 1. The molecule has 6 rings (SSSR count). The van der Waals surface area contributed by atoms with Crippen LogP contribution in [0.15, 0.2) is 6.20 Å². The van der Waals surface area contributed by atoms with Crippen LogP contribution in [0.25, 0.3) is 11.2 Å². The van der Waals surface area contributed by atoms with Gasteiger partial charge in [0.2, 0.25) is 5.95 Å². The van der Waals surface area contributed by atoms with Gasteiger partial charge in [0.05, 0.1) is 5.69 Å². The number of imidazole rings is 1. The van der Waals surface area contributed by atoms with Gasteiger partial charge in [-0.25, -0.2) is 14.8 Å². The number of fused-ring (bicyclic) bond motifs is 1. The molecule has 2 aliphatic carbocycles. The molecule has 4 N–H and O–H groups in total.